The standard InChI is InChI=1S/C21H26F3N5O2/c22-21(23,24)15-11-14(8-9-17(15)30-12-13-5-2-1-3-6-13)18-27-19(31-28-18)16-7-4-10-29(16)20(25)26/h8-9,11,13,16H,1-7,10,12H2,(H3,25,26)/p+1/t16-/m0/s1. The van der Waals surface area contributed by atoms with E-state index in [4.69, 9.17) is 20.7 Å². The predicted octanol–water partition coefficient (Wildman–Crippen LogP) is 3.84. The molecule has 1 saturated carbocycles. The molecular weight excluding hydrogens is 411 g/mol. The van der Waals surface area contributed by atoms with Crippen LogP contribution < -0.4 is 16.2 Å². The van der Waals surface area contributed by atoms with E-state index >= 15 is 0 Å². The molecule has 168 valence electrons. The van der Waals surface area contributed by atoms with Gasteiger partial charge < -0.3 is 9.26 Å². The number of halogens is 3. The lowest BCUT2D eigenvalue weighted by Crippen LogP contribution is -2.35. The van der Waals surface area contributed by atoms with Gasteiger partial charge in [-0.1, -0.05) is 24.4 Å². The van der Waals surface area contributed by atoms with Gasteiger partial charge >= 0.3 is 12.1 Å². The summed E-state index contributed by atoms with van der Waals surface area (Å²) in [6.45, 7) is 0.958. The molecule has 2 aliphatic rings. The van der Waals surface area contributed by atoms with Crippen LogP contribution in [0.25, 0.3) is 11.4 Å². The van der Waals surface area contributed by atoms with Gasteiger partial charge in [0.15, 0.2) is 6.04 Å². The summed E-state index contributed by atoms with van der Waals surface area (Å²) in [6.07, 6.45) is 2.39. The summed E-state index contributed by atoms with van der Waals surface area (Å²) in [7, 11) is 0. The van der Waals surface area contributed by atoms with Crippen LogP contribution in [-0.2, 0) is 6.18 Å². The Hall–Kier alpha value is -2.78. The monoisotopic (exact) mass is 438 g/mol. The Morgan fingerprint density at radius 1 is 1.13 bits per heavy atom. The fourth-order valence-corrected chi connectivity index (χ4v) is 4.40. The molecule has 0 amide bonds. The summed E-state index contributed by atoms with van der Waals surface area (Å²) >= 11 is 0. The van der Waals surface area contributed by atoms with Crippen LogP contribution in [0.15, 0.2) is 22.7 Å². The molecule has 0 unspecified atom stereocenters. The minimum absolute atomic E-state index is 0.0850. The van der Waals surface area contributed by atoms with Gasteiger partial charge in [0.25, 0.3) is 5.89 Å². The minimum atomic E-state index is -4.56. The van der Waals surface area contributed by atoms with Crippen molar-refractivity contribution in [2.24, 2.45) is 17.4 Å². The van der Waals surface area contributed by atoms with Crippen molar-refractivity contribution in [2.45, 2.75) is 57.2 Å². The topological polar surface area (TPSA) is 103 Å². The van der Waals surface area contributed by atoms with E-state index in [0.29, 0.717) is 19.1 Å². The number of aromatic nitrogens is 2. The highest BCUT2D eigenvalue weighted by Gasteiger charge is 2.36. The van der Waals surface area contributed by atoms with Crippen molar-refractivity contribution in [3.8, 4) is 17.1 Å². The van der Waals surface area contributed by atoms with E-state index in [-0.39, 0.29) is 35.0 Å². The molecule has 1 atom stereocenters. The number of hydrogen-bond acceptors (Lipinski definition) is 4. The Bertz CT molecular complexity index is 947. The zero-order valence-corrected chi connectivity index (χ0v) is 17.2. The Balaban J connectivity index is 1.57. The van der Waals surface area contributed by atoms with Gasteiger partial charge in [0.2, 0.25) is 5.82 Å². The van der Waals surface area contributed by atoms with E-state index in [1.807, 2.05) is 0 Å². The van der Waals surface area contributed by atoms with Crippen LogP contribution in [0.5, 0.6) is 5.75 Å². The zero-order valence-electron chi connectivity index (χ0n) is 17.2. The first-order valence-corrected chi connectivity index (χ1v) is 10.7. The van der Waals surface area contributed by atoms with Gasteiger partial charge in [0, 0.05) is 5.56 Å². The van der Waals surface area contributed by atoms with Gasteiger partial charge in [-0.15, -0.1) is 0 Å². The highest BCUT2D eigenvalue weighted by molar-refractivity contribution is 5.70. The van der Waals surface area contributed by atoms with Crippen LogP contribution in [-0.4, -0.2) is 33.8 Å². The van der Waals surface area contributed by atoms with Gasteiger partial charge in [-0.2, -0.15) is 18.2 Å². The van der Waals surface area contributed by atoms with Crippen LogP contribution in [0.1, 0.15) is 62.4 Å². The molecule has 0 radical (unpaired) electrons. The summed E-state index contributed by atoms with van der Waals surface area (Å²) in [6, 6.07) is 3.60. The summed E-state index contributed by atoms with van der Waals surface area (Å²) in [5, 5.41) is 3.89. The Kier molecular flexibility index (Phi) is 6.06. The first kappa shape index (κ1) is 21.5. The van der Waals surface area contributed by atoms with Crippen LogP contribution >= 0.6 is 0 Å². The molecule has 0 spiro atoms. The smallest absolute Gasteiger partial charge is 0.419 e. The molecule has 0 bridgehead atoms. The zero-order chi connectivity index (χ0) is 22.0. The molecular formula is C21H27F3N5O2+. The second-order valence-corrected chi connectivity index (χ2v) is 8.26. The summed E-state index contributed by atoms with van der Waals surface area (Å²) in [5.74, 6) is 0.656. The van der Waals surface area contributed by atoms with Gasteiger partial charge in [-0.05, 0) is 49.8 Å². The van der Waals surface area contributed by atoms with Crippen molar-refractivity contribution in [2.75, 3.05) is 13.2 Å². The van der Waals surface area contributed by atoms with Crippen molar-refractivity contribution >= 4 is 5.96 Å². The van der Waals surface area contributed by atoms with E-state index in [9.17, 15) is 13.2 Å². The first-order valence-electron chi connectivity index (χ1n) is 10.7. The van der Waals surface area contributed by atoms with Gasteiger partial charge in [-0.25, -0.2) is 0 Å². The summed E-state index contributed by atoms with van der Waals surface area (Å²) in [4.78, 5) is 4.32. The van der Waals surface area contributed by atoms with E-state index in [0.717, 1.165) is 44.6 Å². The lowest BCUT2D eigenvalue weighted by Gasteiger charge is -2.23. The number of nitrogens with zero attached hydrogens (tertiary/aromatic N) is 3. The normalized spacial score (nSPS) is 20.2. The largest absolute Gasteiger partial charge is 0.493 e. The van der Waals surface area contributed by atoms with Crippen molar-refractivity contribution in [1.82, 2.24) is 10.1 Å². The maximum absolute atomic E-state index is 13.7. The maximum atomic E-state index is 13.7. The van der Waals surface area contributed by atoms with E-state index < -0.39 is 11.7 Å². The van der Waals surface area contributed by atoms with Crippen molar-refractivity contribution < 1.29 is 27.0 Å². The van der Waals surface area contributed by atoms with E-state index in [2.05, 4.69) is 10.1 Å². The SMILES string of the molecule is NC(N)=[N+]1CCC[C@H]1c1nc(-c2ccc(OCC3CCCCC3)c(C(F)(F)F)c2)no1. The van der Waals surface area contributed by atoms with E-state index in [1.165, 1.54) is 18.6 Å². The number of benzene rings is 1. The maximum Gasteiger partial charge on any atom is 0.419 e. The summed E-state index contributed by atoms with van der Waals surface area (Å²) in [5.41, 5.74) is 10.8. The number of rotatable bonds is 5. The van der Waals surface area contributed by atoms with Crippen molar-refractivity contribution in [1.29, 1.82) is 0 Å². The lowest BCUT2D eigenvalue weighted by molar-refractivity contribution is -0.555. The number of alkyl halides is 3. The molecule has 2 fully saturated rings. The van der Waals surface area contributed by atoms with Gasteiger partial charge in [0.1, 0.15) is 5.75 Å². The number of nitrogens with two attached hydrogens (primary N) is 2. The van der Waals surface area contributed by atoms with Crippen LogP contribution in [0.4, 0.5) is 13.2 Å². The van der Waals surface area contributed by atoms with Crippen molar-refractivity contribution in [3.63, 3.8) is 0 Å². The van der Waals surface area contributed by atoms with Gasteiger partial charge in [-0.3, -0.25) is 16.0 Å². The molecule has 10 heteroatoms. The van der Waals surface area contributed by atoms with Gasteiger partial charge in [0.05, 0.1) is 18.7 Å². The lowest BCUT2D eigenvalue weighted by atomic mass is 9.90. The average Bonchev–Trinajstić information content (AvgIpc) is 3.42. The quantitative estimate of drug-likeness (QED) is 0.543. The number of hydrogen-bond donors (Lipinski definition) is 2. The number of ether oxygens (including phenoxy) is 1. The third-order valence-electron chi connectivity index (χ3n) is 6.05. The molecule has 1 aromatic carbocycles. The Morgan fingerprint density at radius 3 is 2.61 bits per heavy atom. The van der Waals surface area contributed by atoms with Crippen LogP contribution in [0.3, 0.4) is 0 Å². The third kappa shape index (κ3) is 4.77. The summed E-state index contributed by atoms with van der Waals surface area (Å²) < 4.78 is 53.8. The minimum Gasteiger partial charge on any atom is -0.493 e. The fourth-order valence-electron chi connectivity index (χ4n) is 4.40. The molecule has 4 rings (SSSR count). The highest BCUT2D eigenvalue weighted by atomic mass is 19.4. The highest BCUT2D eigenvalue weighted by Crippen LogP contribution is 2.39. The molecule has 1 aromatic heterocycles. The molecule has 4 N–H and O–H groups in total. The van der Waals surface area contributed by atoms with Crippen molar-refractivity contribution in [3.05, 3.63) is 29.7 Å². The molecule has 2 aromatic rings. The molecule has 1 aliphatic carbocycles. The molecule has 2 heterocycles. The fraction of sp³-hybridized carbons (Fsp3) is 0.571. The average molecular weight is 438 g/mol. The van der Waals surface area contributed by atoms with Crippen LogP contribution in [0, 0.1) is 5.92 Å². The molecule has 1 aliphatic heterocycles. The Labute approximate surface area is 178 Å². The second kappa shape index (κ2) is 8.76. The Morgan fingerprint density at radius 2 is 1.90 bits per heavy atom. The van der Waals surface area contributed by atoms with Crippen LogP contribution in [0.2, 0.25) is 0 Å². The second-order valence-electron chi connectivity index (χ2n) is 8.26. The predicted molar refractivity (Wildman–Crippen MR) is 107 cm³/mol. The first-order chi connectivity index (χ1) is 14.8. The molecule has 1 saturated heterocycles. The molecule has 7 nitrogen and oxygen atoms in total. The molecule has 31 heavy (non-hydrogen) atoms. The van der Waals surface area contributed by atoms with E-state index in [1.54, 1.807) is 4.58 Å². The third-order valence-corrected chi connectivity index (χ3v) is 6.05. The number of guanidine groups is 1.